The summed E-state index contributed by atoms with van der Waals surface area (Å²) in [5.41, 5.74) is 0. The average Bonchev–Trinajstić information content (AvgIpc) is 3.65. The summed E-state index contributed by atoms with van der Waals surface area (Å²) in [5, 5.41) is 0. The van der Waals surface area contributed by atoms with Crippen molar-refractivity contribution in [2.45, 2.75) is 147 Å². The van der Waals surface area contributed by atoms with Crippen molar-refractivity contribution in [2.24, 2.45) is 5.92 Å². The van der Waals surface area contributed by atoms with Crippen LogP contribution in [0.2, 0.25) is 94.3 Å². The minimum absolute atomic E-state index is 1.20. The summed E-state index contributed by atoms with van der Waals surface area (Å²) < 4.78 is 4.85. The standard InChI is InChI=1S/C19H26.2C5H5.2Fe/c1-4-7-12-19(17-13-8-10-15(17)5-2)18-14-9-11-16(18)6-3;2*1-2-4-5-3-1;;/h8-11,13-14,19H,4-7,12H2,1-3H3;2*1-5H;;. The second kappa shape index (κ2) is 0.957. The minimum atomic E-state index is -3.19. The molecule has 2 heteroatoms. The molecular formula is C29H36Fe2. The molecule has 20 aliphatic rings. The first-order chi connectivity index (χ1) is 14.7. The molecule has 20 aliphatic heterocycles. The molecule has 168 valence electrons. The summed E-state index contributed by atoms with van der Waals surface area (Å²) in [6.07, 6.45) is 8.56. The molecule has 10 atom stereocenters. The first-order valence-corrected chi connectivity index (χ1v) is 27.5. The van der Waals surface area contributed by atoms with Crippen LogP contribution in [-0.4, -0.2) is 0 Å². The molecule has 0 nitrogen and oxygen atoms in total. The van der Waals surface area contributed by atoms with Gasteiger partial charge in [-0.2, -0.15) is 0 Å². The number of fused-ring (bicyclic) bond motifs is 20. The molecule has 0 amide bonds. The molecule has 31 heavy (non-hydrogen) atoms. The van der Waals surface area contributed by atoms with Crippen LogP contribution >= 0.6 is 0 Å². The van der Waals surface area contributed by atoms with Crippen molar-refractivity contribution in [3.8, 4) is 0 Å². The van der Waals surface area contributed by atoms with E-state index in [1.54, 1.807) is 96.3 Å². The molecule has 0 aromatic heterocycles. The van der Waals surface area contributed by atoms with E-state index in [4.69, 9.17) is 0 Å². The van der Waals surface area contributed by atoms with Gasteiger partial charge in [-0.1, -0.05) is 0 Å². The van der Waals surface area contributed by atoms with Gasteiger partial charge in [0.2, 0.25) is 0 Å². The first kappa shape index (κ1) is 11.8. The van der Waals surface area contributed by atoms with Crippen molar-refractivity contribution >= 4 is 0 Å². The molecule has 0 aliphatic carbocycles. The molecule has 2 spiro atoms. The van der Waals surface area contributed by atoms with Crippen LogP contribution in [0.25, 0.3) is 0 Å². The van der Waals surface area contributed by atoms with E-state index >= 15 is 0 Å². The Balaban J connectivity index is 1.09. The predicted molar refractivity (Wildman–Crippen MR) is 114 cm³/mol. The van der Waals surface area contributed by atoms with E-state index in [0.29, 0.717) is 0 Å². The predicted octanol–water partition coefficient (Wildman–Crippen LogP) is 9.87. The average molecular weight is 496 g/mol. The Morgan fingerprint density at radius 3 is 1.16 bits per heavy atom. The van der Waals surface area contributed by atoms with Gasteiger partial charge in [-0.15, -0.1) is 0 Å². The molecule has 10 unspecified atom stereocenters. The molecule has 0 aromatic rings. The van der Waals surface area contributed by atoms with Crippen molar-refractivity contribution in [3.05, 3.63) is 0 Å². The third-order valence-corrected chi connectivity index (χ3v) is 121. The summed E-state index contributed by atoms with van der Waals surface area (Å²) in [5.74, 6) is 1.45. The molecule has 20 saturated heterocycles. The zero-order valence-electron chi connectivity index (χ0n) is 19.1. The van der Waals surface area contributed by atoms with Crippen molar-refractivity contribution in [1.82, 2.24) is 0 Å². The zero-order valence-corrected chi connectivity index (χ0v) is 21.3. The summed E-state index contributed by atoms with van der Waals surface area (Å²) in [6.45, 7) is 1.81. The Morgan fingerprint density at radius 2 is 0.935 bits per heavy atom. The fraction of sp³-hybridized carbons (Fsp3) is 1.00. The van der Waals surface area contributed by atoms with E-state index in [9.17, 15) is 0 Å². The van der Waals surface area contributed by atoms with Gasteiger partial charge in [0.25, 0.3) is 0 Å². The number of hydrogen-bond donors (Lipinski definition) is 0. The normalized spacial score (nSPS) is 136. The van der Waals surface area contributed by atoms with Crippen LogP contribution in [0.1, 0.15) is 52.9 Å². The number of unbranched alkanes of at least 4 members (excludes halogenated alkanes) is 1. The maximum absolute atomic E-state index is 3.19. The van der Waals surface area contributed by atoms with Gasteiger partial charge in [0.05, 0.1) is 0 Å². The summed E-state index contributed by atoms with van der Waals surface area (Å²) in [7, 11) is 0. The fourth-order valence-corrected chi connectivity index (χ4v) is 198. The van der Waals surface area contributed by atoms with Crippen LogP contribution < -0.4 is 0 Å². The Hall–Kier alpha value is 1.04. The second-order valence-electron chi connectivity index (χ2n) is 22.3. The second-order valence-corrected chi connectivity index (χ2v) is 69.0. The van der Waals surface area contributed by atoms with Gasteiger partial charge in [-0.3, -0.25) is 0 Å². The van der Waals surface area contributed by atoms with E-state index < -0.39 is 13.0 Å². The van der Waals surface area contributed by atoms with Gasteiger partial charge in [0.15, 0.2) is 0 Å². The number of hydrogen-bond acceptors (Lipinski definition) is 0. The van der Waals surface area contributed by atoms with Crippen LogP contribution in [-0.2, 0) is 13.0 Å². The van der Waals surface area contributed by atoms with E-state index in [1.165, 1.54) is 29.6 Å². The summed E-state index contributed by atoms with van der Waals surface area (Å²) in [6, 6.07) is 0. The van der Waals surface area contributed by atoms with E-state index in [-0.39, 0.29) is 0 Å². The molecule has 0 bridgehead atoms. The Bertz CT molecular complexity index is 2030. The van der Waals surface area contributed by atoms with Crippen molar-refractivity contribution in [2.75, 3.05) is 0 Å². The topological polar surface area (TPSA) is 0 Å². The van der Waals surface area contributed by atoms with Crippen molar-refractivity contribution < 1.29 is 13.0 Å². The van der Waals surface area contributed by atoms with Gasteiger partial charge in [-0.05, 0) is 0 Å². The van der Waals surface area contributed by atoms with Gasteiger partial charge in [-0.25, -0.2) is 0 Å². The summed E-state index contributed by atoms with van der Waals surface area (Å²) in [4.78, 5) is 25.1. The third-order valence-electron chi connectivity index (χ3n) is 33.5. The molecule has 0 aromatic carbocycles. The summed E-state index contributed by atoms with van der Waals surface area (Å²) >= 11 is 0. The molecule has 20 rings (SSSR count). The van der Waals surface area contributed by atoms with Crippen molar-refractivity contribution in [3.63, 3.8) is 0 Å². The van der Waals surface area contributed by atoms with Crippen LogP contribution in [0.3, 0.4) is 0 Å². The van der Waals surface area contributed by atoms with E-state index in [1.807, 2.05) is 6.42 Å². The van der Waals surface area contributed by atoms with Gasteiger partial charge < -0.3 is 0 Å². The monoisotopic (exact) mass is 496 g/mol. The Kier molecular flexibility index (Phi) is 0.366. The quantitative estimate of drug-likeness (QED) is 0.308. The fourth-order valence-electron chi connectivity index (χ4n) is 39.7. The van der Waals surface area contributed by atoms with Crippen molar-refractivity contribution in [1.29, 1.82) is 0 Å². The van der Waals surface area contributed by atoms with Crippen LogP contribution in [0.5, 0.6) is 0 Å². The molecule has 0 saturated carbocycles. The Morgan fingerprint density at radius 1 is 0.548 bits per heavy atom. The maximum atomic E-state index is 2.81. The molecule has 0 N–H and O–H groups in total. The molecular weight excluding hydrogens is 460 g/mol. The Labute approximate surface area is 165 Å². The van der Waals surface area contributed by atoms with Crippen LogP contribution in [0.4, 0.5) is 0 Å². The molecule has 20 heterocycles. The molecule has 0 radical (unpaired) electrons. The SMILES string of the molecule is CCCCC([C]12[CH]3[CH]4[CH]5[C]1(CC)[Fe]45321678[CH]2[CH]1[CH]6[CH]7[CH]28)[C]12[CH]3[CH]4[CH]5[C]1(CC)[Fe]45321678[CH]2[CH]1[CH]6[CH]7[CH]28. The van der Waals surface area contributed by atoms with Gasteiger partial charge >= 0.3 is 166 Å². The third kappa shape index (κ3) is 0.115. The van der Waals surface area contributed by atoms with Gasteiger partial charge in [0.1, 0.15) is 0 Å². The van der Waals surface area contributed by atoms with Gasteiger partial charge in [0, 0.05) is 0 Å². The zero-order chi connectivity index (χ0) is 19.0. The first-order valence-electron chi connectivity index (χ1n) is 15.1. The number of rotatable bonds is 7. The van der Waals surface area contributed by atoms with Crippen LogP contribution in [0, 0.1) is 5.92 Å². The molecule has 20 fully saturated rings. The van der Waals surface area contributed by atoms with E-state index in [0.717, 1.165) is 0 Å². The van der Waals surface area contributed by atoms with Crippen LogP contribution in [0.15, 0.2) is 0 Å². The van der Waals surface area contributed by atoms with E-state index in [2.05, 4.69) is 20.8 Å².